The van der Waals surface area contributed by atoms with Gasteiger partial charge in [-0.1, -0.05) is 35.9 Å². The quantitative estimate of drug-likeness (QED) is 0.403. The number of aryl methyl sites for hydroxylation is 2. The van der Waals surface area contributed by atoms with Crippen molar-refractivity contribution in [2.24, 2.45) is 0 Å². The van der Waals surface area contributed by atoms with Crippen molar-refractivity contribution in [3.05, 3.63) is 87.1 Å². The van der Waals surface area contributed by atoms with E-state index in [0.717, 1.165) is 16.8 Å². The van der Waals surface area contributed by atoms with E-state index in [4.69, 9.17) is 4.42 Å². The van der Waals surface area contributed by atoms with Gasteiger partial charge in [0.15, 0.2) is 5.43 Å². The lowest BCUT2D eigenvalue weighted by molar-refractivity contribution is -0.111. The molecule has 5 aromatic rings. The largest absolute Gasteiger partial charge is 0.463 e. The van der Waals surface area contributed by atoms with Gasteiger partial charge < -0.3 is 4.42 Å². The third-order valence-electron chi connectivity index (χ3n) is 5.10. The average molecular weight is 443 g/mol. The topological polar surface area (TPSA) is 89.5 Å². The molecular formula is C24H18N4O3S. The van der Waals surface area contributed by atoms with Gasteiger partial charge in [-0.15, -0.1) is 16.4 Å². The number of nitrogens with one attached hydrogen (secondary N) is 1. The average Bonchev–Trinajstić information content (AvgIpc) is 3.34. The van der Waals surface area contributed by atoms with Crippen molar-refractivity contribution in [3.63, 3.8) is 0 Å². The van der Waals surface area contributed by atoms with Gasteiger partial charge >= 0.3 is 0 Å². The van der Waals surface area contributed by atoms with Crippen LogP contribution in [0.25, 0.3) is 33.3 Å². The van der Waals surface area contributed by atoms with Crippen molar-refractivity contribution in [1.82, 2.24) is 14.6 Å². The summed E-state index contributed by atoms with van der Waals surface area (Å²) in [6, 6.07) is 13.2. The number of carbonyl (C=O) groups is 1. The molecule has 0 atom stereocenters. The number of anilines is 1. The molecule has 0 radical (unpaired) electrons. The number of benzene rings is 2. The number of amides is 1. The van der Waals surface area contributed by atoms with Gasteiger partial charge in [-0.25, -0.2) is 4.52 Å². The number of thiazole rings is 1. The number of aromatic nitrogens is 3. The smallest absolute Gasteiger partial charge is 0.250 e. The fourth-order valence-corrected chi connectivity index (χ4v) is 4.37. The summed E-state index contributed by atoms with van der Waals surface area (Å²) in [5, 5.41) is 9.55. The molecule has 0 fully saturated rings. The lowest BCUT2D eigenvalue weighted by Crippen LogP contribution is -2.10. The molecule has 0 bridgehead atoms. The van der Waals surface area contributed by atoms with Crippen LogP contribution < -0.4 is 10.7 Å². The molecule has 8 heteroatoms. The van der Waals surface area contributed by atoms with E-state index < -0.39 is 5.91 Å². The summed E-state index contributed by atoms with van der Waals surface area (Å²) in [4.78, 5) is 30.0. The molecule has 0 aliphatic rings. The van der Waals surface area contributed by atoms with E-state index in [1.165, 1.54) is 35.3 Å². The van der Waals surface area contributed by atoms with Crippen molar-refractivity contribution in [3.8, 4) is 11.3 Å². The van der Waals surface area contributed by atoms with Gasteiger partial charge in [0, 0.05) is 17.0 Å². The van der Waals surface area contributed by atoms with Crippen LogP contribution in [-0.2, 0) is 4.79 Å². The Morgan fingerprint density at radius 2 is 2.03 bits per heavy atom. The molecule has 0 unspecified atom stereocenters. The molecule has 0 saturated heterocycles. The summed E-state index contributed by atoms with van der Waals surface area (Å²) < 4.78 is 7.19. The highest BCUT2D eigenvalue weighted by atomic mass is 32.1. The van der Waals surface area contributed by atoms with Crippen molar-refractivity contribution >= 4 is 45.2 Å². The van der Waals surface area contributed by atoms with Gasteiger partial charge in [-0.3, -0.25) is 14.9 Å². The highest BCUT2D eigenvalue weighted by molar-refractivity contribution is 7.15. The number of para-hydroxylation sites is 1. The summed E-state index contributed by atoms with van der Waals surface area (Å²) in [6.45, 7) is 4.11. The van der Waals surface area contributed by atoms with E-state index in [-0.39, 0.29) is 16.9 Å². The molecule has 7 nitrogen and oxygen atoms in total. The Bertz CT molecular complexity index is 1580. The van der Waals surface area contributed by atoms with Gasteiger partial charge in [0.2, 0.25) is 4.96 Å². The molecule has 1 N–H and O–H groups in total. The zero-order valence-corrected chi connectivity index (χ0v) is 18.1. The third kappa shape index (κ3) is 3.61. The molecular weight excluding hydrogens is 424 g/mol. The SMILES string of the molecule is Cc1ccc(-c2csc3nc(NC(=O)/C=C/c4coc5ccccc5c4=O)nn23)c(C)c1. The predicted molar refractivity (Wildman–Crippen MR) is 126 cm³/mol. The van der Waals surface area contributed by atoms with E-state index >= 15 is 0 Å². The lowest BCUT2D eigenvalue weighted by atomic mass is 10.0. The van der Waals surface area contributed by atoms with Gasteiger partial charge in [-0.05, 0) is 37.6 Å². The Labute approximate surface area is 186 Å². The zero-order valence-electron chi connectivity index (χ0n) is 17.3. The Kier molecular flexibility index (Phi) is 4.91. The Balaban J connectivity index is 1.38. The normalized spacial score (nSPS) is 11.6. The van der Waals surface area contributed by atoms with Crippen molar-refractivity contribution in [2.75, 3.05) is 5.32 Å². The minimum absolute atomic E-state index is 0.197. The van der Waals surface area contributed by atoms with E-state index in [0.29, 0.717) is 15.9 Å². The minimum Gasteiger partial charge on any atom is -0.463 e. The highest BCUT2D eigenvalue weighted by Gasteiger charge is 2.14. The van der Waals surface area contributed by atoms with Crippen molar-refractivity contribution in [1.29, 1.82) is 0 Å². The maximum Gasteiger partial charge on any atom is 0.250 e. The van der Waals surface area contributed by atoms with Gasteiger partial charge in [-0.2, -0.15) is 4.98 Å². The van der Waals surface area contributed by atoms with Crippen molar-refractivity contribution in [2.45, 2.75) is 13.8 Å². The lowest BCUT2D eigenvalue weighted by Gasteiger charge is -2.05. The Hall–Kier alpha value is -4.04. The first-order valence-corrected chi connectivity index (χ1v) is 10.8. The number of nitrogens with zero attached hydrogens (tertiary/aromatic N) is 3. The van der Waals surface area contributed by atoms with Gasteiger partial charge in [0.05, 0.1) is 16.6 Å². The van der Waals surface area contributed by atoms with E-state index in [2.05, 4.69) is 47.4 Å². The van der Waals surface area contributed by atoms with Crippen LogP contribution in [0.5, 0.6) is 0 Å². The monoisotopic (exact) mass is 442 g/mol. The predicted octanol–water partition coefficient (Wildman–Crippen LogP) is 4.83. The molecule has 3 aromatic heterocycles. The second-order valence-corrected chi connectivity index (χ2v) is 8.24. The molecule has 2 aromatic carbocycles. The fraction of sp³-hybridized carbons (Fsp3) is 0.0833. The zero-order chi connectivity index (χ0) is 22.2. The van der Waals surface area contributed by atoms with Crippen LogP contribution in [0.4, 0.5) is 5.95 Å². The fourth-order valence-electron chi connectivity index (χ4n) is 3.55. The molecule has 0 saturated carbocycles. The maximum atomic E-state index is 12.5. The summed E-state index contributed by atoms with van der Waals surface area (Å²) in [5.74, 6) is -0.244. The van der Waals surface area contributed by atoms with E-state index in [1.807, 2.05) is 5.38 Å². The number of carbonyl (C=O) groups excluding carboxylic acids is 1. The van der Waals surface area contributed by atoms with Crippen LogP contribution in [-0.4, -0.2) is 20.5 Å². The first-order chi connectivity index (χ1) is 15.5. The van der Waals surface area contributed by atoms with E-state index in [1.54, 1.807) is 28.8 Å². The van der Waals surface area contributed by atoms with Crippen LogP contribution in [0.15, 0.2) is 69.4 Å². The summed E-state index contributed by atoms with van der Waals surface area (Å²) >= 11 is 1.45. The summed E-state index contributed by atoms with van der Waals surface area (Å²) in [5.41, 5.74) is 4.90. The Morgan fingerprint density at radius 1 is 1.19 bits per heavy atom. The van der Waals surface area contributed by atoms with Crippen molar-refractivity contribution < 1.29 is 9.21 Å². The van der Waals surface area contributed by atoms with Crippen LogP contribution in [0.3, 0.4) is 0 Å². The van der Waals surface area contributed by atoms with Crippen LogP contribution in [0.2, 0.25) is 0 Å². The van der Waals surface area contributed by atoms with Crippen LogP contribution in [0, 0.1) is 13.8 Å². The number of fused-ring (bicyclic) bond motifs is 2. The van der Waals surface area contributed by atoms with E-state index in [9.17, 15) is 9.59 Å². The molecule has 0 spiro atoms. The second kappa shape index (κ2) is 7.90. The Morgan fingerprint density at radius 3 is 2.88 bits per heavy atom. The molecule has 0 aliphatic carbocycles. The third-order valence-corrected chi connectivity index (χ3v) is 5.91. The maximum absolute atomic E-state index is 12.5. The van der Waals surface area contributed by atoms with Crippen LogP contribution in [0.1, 0.15) is 16.7 Å². The molecule has 3 heterocycles. The van der Waals surface area contributed by atoms with Crippen LogP contribution >= 0.6 is 11.3 Å². The first-order valence-electron chi connectivity index (χ1n) is 9.91. The molecule has 158 valence electrons. The summed E-state index contributed by atoms with van der Waals surface area (Å²) in [6.07, 6.45) is 4.03. The molecule has 32 heavy (non-hydrogen) atoms. The number of hydrogen-bond donors (Lipinski definition) is 1. The summed E-state index contributed by atoms with van der Waals surface area (Å²) in [7, 11) is 0. The second-order valence-electron chi connectivity index (χ2n) is 7.41. The molecule has 0 aliphatic heterocycles. The number of rotatable bonds is 4. The highest BCUT2D eigenvalue weighted by Crippen LogP contribution is 2.28. The minimum atomic E-state index is -0.441. The number of hydrogen-bond acceptors (Lipinski definition) is 6. The standard InChI is InChI=1S/C24H18N4O3S/c1-14-7-9-17(15(2)11-14)19-13-32-24-26-23(27-28(19)24)25-21(29)10-8-16-12-31-20-6-4-3-5-18(20)22(16)30/h3-13H,1-2H3,(H,25,27,29)/b10-8+. The first kappa shape index (κ1) is 19.9. The van der Waals surface area contributed by atoms with Gasteiger partial charge in [0.25, 0.3) is 11.9 Å². The molecule has 1 amide bonds. The molecule has 5 rings (SSSR count). The van der Waals surface area contributed by atoms with Gasteiger partial charge in [0.1, 0.15) is 11.8 Å².